The van der Waals surface area contributed by atoms with Crippen LogP contribution in [-0.2, 0) is 19.6 Å². The number of amidine groups is 1. The van der Waals surface area contributed by atoms with E-state index in [-0.39, 0.29) is 28.9 Å². The highest BCUT2D eigenvalue weighted by Crippen LogP contribution is 2.31. The molecule has 162 valence electrons. The molecule has 2 aromatic carbocycles. The van der Waals surface area contributed by atoms with Crippen molar-refractivity contribution in [3.63, 3.8) is 0 Å². The number of anilines is 1. The van der Waals surface area contributed by atoms with Gasteiger partial charge in [-0.25, -0.2) is 0 Å². The van der Waals surface area contributed by atoms with E-state index in [0.717, 1.165) is 11.8 Å². The topological polar surface area (TPSA) is 105 Å². The Morgan fingerprint density at radius 3 is 2.52 bits per heavy atom. The van der Waals surface area contributed by atoms with Gasteiger partial charge in [-0.15, -0.1) is 11.0 Å². The molecule has 1 N–H and O–H groups in total. The molecule has 0 saturated carbocycles. The zero-order valence-corrected chi connectivity index (χ0v) is 18.4. The van der Waals surface area contributed by atoms with E-state index in [1.54, 1.807) is 49.6 Å². The van der Waals surface area contributed by atoms with E-state index in [4.69, 9.17) is 4.74 Å². The van der Waals surface area contributed by atoms with Crippen LogP contribution in [0.3, 0.4) is 0 Å². The zero-order chi connectivity index (χ0) is 22.4. The first-order valence-corrected chi connectivity index (χ1v) is 11.6. The molecule has 3 rings (SSSR count). The molecule has 0 aromatic heterocycles. The lowest BCUT2D eigenvalue weighted by molar-refractivity contribution is -0.127. The van der Waals surface area contributed by atoms with Crippen molar-refractivity contribution in [3.8, 4) is 5.75 Å². The molecule has 1 aliphatic heterocycles. The van der Waals surface area contributed by atoms with Gasteiger partial charge in [0.15, 0.2) is 5.17 Å². The van der Waals surface area contributed by atoms with Crippen LogP contribution in [0.4, 0.5) is 5.69 Å². The van der Waals surface area contributed by atoms with Gasteiger partial charge in [0, 0.05) is 18.7 Å². The minimum Gasteiger partial charge on any atom is -0.497 e. The van der Waals surface area contributed by atoms with E-state index in [0.29, 0.717) is 11.4 Å². The minimum atomic E-state index is -4.00. The Kier molecular flexibility index (Phi) is 7.13. The summed E-state index contributed by atoms with van der Waals surface area (Å²) in [7, 11) is -2.45. The summed E-state index contributed by atoms with van der Waals surface area (Å²) in [4.78, 5) is 26.5. The van der Waals surface area contributed by atoms with Crippen molar-refractivity contribution in [3.05, 3.63) is 67.3 Å². The summed E-state index contributed by atoms with van der Waals surface area (Å²) >= 11 is 0.952. The van der Waals surface area contributed by atoms with Gasteiger partial charge in [0.1, 0.15) is 11.0 Å². The highest BCUT2D eigenvalue weighted by Gasteiger charge is 2.39. The van der Waals surface area contributed by atoms with E-state index >= 15 is 0 Å². The molecule has 0 aliphatic carbocycles. The second-order valence-electron chi connectivity index (χ2n) is 6.49. The molecule has 0 bridgehead atoms. The highest BCUT2D eigenvalue weighted by atomic mass is 32.2. The van der Waals surface area contributed by atoms with Gasteiger partial charge in [-0.05, 0) is 36.4 Å². The molecule has 0 spiro atoms. The van der Waals surface area contributed by atoms with Crippen molar-refractivity contribution in [2.75, 3.05) is 19.0 Å². The van der Waals surface area contributed by atoms with E-state index in [1.165, 1.54) is 23.1 Å². The Morgan fingerprint density at radius 1 is 1.23 bits per heavy atom. The number of amides is 2. The molecule has 1 atom stereocenters. The molecule has 8 nitrogen and oxygen atoms in total. The van der Waals surface area contributed by atoms with Crippen LogP contribution in [0.5, 0.6) is 5.75 Å². The van der Waals surface area contributed by atoms with Crippen LogP contribution < -0.4 is 10.1 Å². The lowest BCUT2D eigenvalue weighted by Crippen LogP contribution is -2.33. The van der Waals surface area contributed by atoms with Crippen molar-refractivity contribution in [2.24, 2.45) is 4.40 Å². The number of ether oxygens (including phenoxy) is 1. The fraction of sp³-hybridized carbons (Fsp3) is 0.190. The number of hydrogen-bond donors (Lipinski definition) is 1. The van der Waals surface area contributed by atoms with Crippen molar-refractivity contribution in [2.45, 2.75) is 16.6 Å². The molecular formula is C21H21N3O5S2. The van der Waals surface area contributed by atoms with Crippen molar-refractivity contribution < 1.29 is 22.7 Å². The molecule has 1 heterocycles. The van der Waals surface area contributed by atoms with Gasteiger partial charge in [-0.3, -0.25) is 14.5 Å². The van der Waals surface area contributed by atoms with Gasteiger partial charge in [0.25, 0.3) is 10.0 Å². The lowest BCUT2D eigenvalue weighted by atomic mass is 10.2. The van der Waals surface area contributed by atoms with E-state index in [1.807, 2.05) is 0 Å². The van der Waals surface area contributed by atoms with Crippen LogP contribution in [0.25, 0.3) is 0 Å². The van der Waals surface area contributed by atoms with Crippen LogP contribution >= 0.6 is 11.8 Å². The molecule has 2 aromatic rings. The summed E-state index contributed by atoms with van der Waals surface area (Å²) in [5.41, 5.74) is 0.560. The van der Waals surface area contributed by atoms with Crippen molar-refractivity contribution in [1.82, 2.24) is 4.90 Å². The van der Waals surface area contributed by atoms with E-state index in [9.17, 15) is 18.0 Å². The number of carbonyl (C=O) groups excluding carboxylic acids is 2. The number of thioether (sulfide) groups is 1. The van der Waals surface area contributed by atoms with Crippen molar-refractivity contribution in [1.29, 1.82) is 0 Å². The Bertz CT molecular complexity index is 1100. The summed E-state index contributed by atoms with van der Waals surface area (Å²) in [6.07, 6.45) is 1.34. The number of nitrogens with zero attached hydrogens (tertiary/aromatic N) is 2. The van der Waals surface area contributed by atoms with Gasteiger partial charge < -0.3 is 10.1 Å². The monoisotopic (exact) mass is 459 g/mol. The standard InChI is InChI=1S/C21H21N3O5S2/c1-3-13-24-20(26)18(14-19(25)22-15-9-11-16(29-2)12-10-15)30-21(24)23-31(27,28)17-7-5-4-6-8-17/h3-12,18H,1,13-14H2,2H3,(H,22,25)/t18-/m0/s1. The zero-order valence-electron chi connectivity index (χ0n) is 16.7. The molecule has 1 aliphatic rings. The second-order valence-corrected chi connectivity index (χ2v) is 9.26. The number of rotatable bonds is 8. The largest absolute Gasteiger partial charge is 0.497 e. The lowest BCUT2D eigenvalue weighted by Gasteiger charge is -2.13. The molecule has 0 unspecified atom stereocenters. The fourth-order valence-electron chi connectivity index (χ4n) is 2.81. The fourth-order valence-corrected chi connectivity index (χ4v) is 5.20. The maximum absolute atomic E-state index is 12.8. The maximum atomic E-state index is 12.8. The van der Waals surface area contributed by atoms with Crippen LogP contribution in [-0.4, -0.2) is 49.2 Å². The third kappa shape index (κ3) is 5.53. The number of carbonyl (C=O) groups is 2. The molecule has 10 heteroatoms. The first kappa shape index (κ1) is 22.6. The van der Waals surface area contributed by atoms with Gasteiger partial charge in [-0.2, -0.15) is 8.42 Å². The Balaban J connectivity index is 1.75. The van der Waals surface area contributed by atoms with Crippen LogP contribution in [0, 0.1) is 0 Å². The summed E-state index contributed by atoms with van der Waals surface area (Å²) in [6, 6.07) is 14.5. The summed E-state index contributed by atoms with van der Waals surface area (Å²) in [5.74, 6) is -0.112. The molecule has 1 fully saturated rings. The van der Waals surface area contributed by atoms with Gasteiger partial charge in [0.2, 0.25) is 11.8 Å². The SMILES string of the molecule is C=CCN1C(=O)[C@H](CC(=O)Nc2ccc(OC)cc2)SC1=NS(=O)(=O)c1ccccc1. The van der Waals surface area contributed by atoms with Crippen LogP contribution in [0.2, 0.25) is 0 Å². The number of methoxy groups -OCH3 is 1. The molecular weight excluding hydrogens is 438 g/mol. The number of hydrogen-bond acceptors (Lipinski definition) is 6. The predicted octanol–water partition coefficient (Wildman–Crippen LogP) is 2.90. The second kappa shape index (κ2) is 9.80. The highest BCUT2D eigenvalue weighted by molar-refractivity contribution is 8.16. The normalized spacial score (nSPS) is 17.6. The van der Waals surface area contributed by atoms with Gasteiger partial charge in [0.05, 0.1) is 12.0 Å². The first-order chi connectivity index (χ1) is 14.8. The summed E-state index contributed by atoms with van der Waals surface area (Å²) in [6.45, 7) is 3.70. The predicted molar refractivity (Wildman–Crippen MR) is 121 cm³/mol. The smallest absolute Gasteiger partial charge is 0.284 e. The van der Waals surface area contributed by atoms with Crippen LogP contribution in [0.15, 0.2) is 76.5 Å². The Morgan fingerprint density at radius 2 is 1.90 bits per heavy atom. The average molecular weight is 460 g/mol. The Hall–Kier alpha value is -3.11. The Labute approximate surface area is 185 Å². The third-order valence-corrected chi connectivity index (χ3v) is 6.89. The summed E-state index contributed by atoms with van der Waals surface area (Å²) in [5, 5.41) is 1.95. The van der Waals surface area contributed by atoms with Gasteiger partial charge in [-0.1, -0.05) is 36.0 Å². The molecule has 2 amide bonds. The maximum Gasteiger partial charge on any atom is 0.284 e. The molecule has 0 radical (unpaired) electrons. The minimum absolute atomic E-state index is 0.0230. The van der Waals surface area contributed by atoms with E-state index < -0.39 is 21.2 Å². The first-order valence-electron chi connectivity index (χ1n) is 9.27. The molecule has 31 heavy (non-hydrogen) atoms. The number of nitrogens with one attached hydrogen (secondary N) is 1. The number of sulfonamides is 1. The average Bonchev–Trinajstić information content (AvgIpc) is 3.03. The number of benzene rings is 2. The summed E-state index contributed by atoms with van der Waals surface area (Å²) < 4.78 is 34.2. The third-order valence-electron chi connectivity index (χ3n) is 4.32. The van der Waals surface area contributed by atoms with Gasteiger partial charge >= 0.3 is 0 Å². The van der Waals surface area contributed by atoms with E-state index in [2.05, 4.69) is 16.3 Å². The van der Waals surface area contributed by atoms with Crippen LogP contribution in [0.1, 0.15) is 6.42 Å². The quantitative estimate of drug-likeness (QED) is 0.609. The molecule has 1 saturated heterocycles. The van der Waals surface area contributed by atoms with Crippen molar-refractivity contribution >= 4 is 44.5 Å².